The smallest absolute Gasteiger partial charge is 0.118 e. The third-order valence-electron chi connectivity index (χ3n) is 3.52. The molecule has 0 atom stereocenters. The lowest BCUT2D eigenvalue weighted by Gasteiger charge is -2.32. The molecule has 0 N–H and O–H groups in total. The van der Waals surface area contributed by atoms with Gasteiger partial charge in [0.25, 0.3) is 0 Å². The molecule has 2 nitrogen and oxygen atoms in total. The first-order valence-electron chi connectivity index (χ1n) is 5.94. The molecule has 0 aromatic rings. The molecule has 0 spiro atoms. The molecule has 0 bridgehead atoms. The van der Waals surface area contributed by atoms with Crippen LogP contribution in [0.25, 0.3) is 0 Å². The van der Waals surface area contributed by atoms with E-state index in [1.165, 1.54) is 37.9 Å². The summed E-state index contributed by atoms with van der Waals surface area (Å²) in [7, 11) is 4.00. The summed E-state index contributed by atoms with van der Waals surface area (Å²) in [4.78, 5) is 2.41. The summed E-state index contributed by atoms with van der Waals surface area (Å²) in [5, 5.41) is 0. The summed E-state index contributed by atoms with van der Waals surface area (Å²) in [6.07, 6.45) is 9.52. The van der Waals surface area contributed by atoms with Crippen LogP contribution in [0.4, 0.5) is 0 Å². The maximum absolute atomic E-state index is 5.46. The predicted molar refractivity (Wildman–Crippen MR) is 62.6 cm³/mol. The van der Waals surface area contributed by atoms with Crippen LogP contribution in [-0.4, -0.2) is 32.1 Å². The fourth-order valence-electron chi connectivity index (χ4n) is 2.56. The van der Waals surface area contributed by atoms with Crippen LogP contribution in [0.1, 0.15) is 25.7 Å². The van der Waals surface area contributed by atoms with Crippen LogP contribution in [-0.2, 0) is 4.74 Å². The van der Waals surface area contributed by atoms with E-state index in [0.29, 0.717) is 0 Å². The van der Waals surface area contributed by atoms with E-state index in [4.69, 9.17) is 4.74 Å². The molecule has 1 saturated heterocycles. The highest BCUT2D eigenvalue weighted by Gasteiger charge is 2.23. The van der Waals surface area contributed by atoms with Gasteiger partial charge in [0, 0.05) is 0 Å². The van der Waals surface area contributed by atoms with Crippen molar-refractivity contribution in [1.82, 2.24) is 4.90 Å². The zero-order chi connectivity index (χ0) is 10.7. The molecular formula is C13H21NO. The van der Waals surface area contributed by atoms with Crippen molar-refractivity contribution >= 4 is 0 Å². The number of likely N-dealkylation sites (tertiary alicyclic amines) is 1. The molecule has 0 unspecified atom stereocenters. The fraction of sp³-hybridized carbons (Fsp3) is 0.692. The minimum absolute atomic E-state index is 0.729. The van der Waals surface area contributed by atoms with Gasteiger partial charge in [-0.25, -0.2) is 0 Å². The van der Waals surface area contributed by atoms with Crippen molar-refractivity contribution in [2.24, 2.45) is 5.92 Å². The van der Waals surface area contributed by atoms with Gasteiger partial charge in [0.05, 0.1) is 7.11 Å². The van der Waals surface area contributed by atoms with Crippen molar-refractivity contribution in [3.63, 3.8) is 0 Å². The van der Waals surface area contributed by atoms with Crippen LogP contribution < -0.4 is 0 Å². The van der Waals surface area contributed by atoms with Crippen LogP contribution in [0.5, 0.6) is 0 Å². The highest BCUT2D eigenvalue weighted by atomic mass is 16.5. The summed E-state index contributed by atoms with van der Waals surface area (Å²) < 4.78 is 5.46. The lowest BCUT2D eigenvalue weighted by Crippen LogP contribution is -2.31. The third-order valence-corrected chi connectivity index (χ3v) is 3.52. The van der Waals surface area contributed by atoms with E-state index in [9.17, 15) is 0 Å². The average Bonchev–Trinajstić information content (AvgIpc) is 2.30. The quantitative estimate of drug-likeness (QED) is 0.690. The molecule has 1 heterocycles. The largest absolute Gasteiger partial charge is 0.497 e. The highest BCUT2D eigenvalue weighted by Crippen LogP contribution is 2.32. The summed E-state index contributed by atoms with van der Waals surface area (Å²) >= 11 is 0. The van der Waals surface area contributed by atoms with Gasteiger partial charge < -0.3 is 9.64 Å². The Balaban J connectivity index is 2.03. The van der Waals surface area contributed by atoms with Gasteiger partial charge in [-0.05, 0) is 63.4 Å². The van der Waals surface area contributed by atoms with E-state index >= 15 is 0 Å². The van der Waals surface area contributed by atoms with Gasteiger partial charge >= 0.3 is 0 Å². The number of nitrogens with zero attached hydrogens (tertiary/aromatic N) is 1. The van der Waals surface area contributed by atoms with Crippen molar-refractivity contribution < 1.29 is 4.74 Å². The van der Waals surface area contributed by atoms with Gasteiger partial charge in [0.15, 0.2) is 0 Å². The van der Waals surface area contributed by atoms with Gasteiger partial charge in [0.1, 0.15) is 5.76 Å². The second-order valence-corrected chi connectivity index (χ2v) is 4.59. The van der Waals surface area contributed by atoms with Crippen LogP contribution in [0.3, 0.4) is 0 Å². The average molecular weight is 207 g/mol. The molecule has 2 heteroatoms. The molecule has 0 aromatic carbocycles. The van der Waals surface area contributed by atoms with E-state index < -0.39 is 0 Å². The van der Waals surface area contributed by atoms with Crippen molar-refractivity contribution in [3.8, 4) is 0 Å². The minimum atomic E-state index is 0.729. The van der Waals surface area contributed by atoms with Gasteiger partial charge in [0.2, 0.25) is 0 Å². The zero-order valence-electron chi connectivity index (χ0n) is 9.83. The van der Waals surface area contributed by atoms with E-state index in [1.807, 2.05) is 0 Å². The first kappa shape index (κ1) is 10.7. The third kappa shape index (κ3) is 2.43. The normalized spacial score (nSPS) is 24.7. The number of hydrogen-bond acceptors (Lipinski definition) is 2. The Labute approximate surface area is 92.6 Å². The van der Waals surface area contributed by atoms with Crippen LogP contribution in [0.2, 0.25) is 0 Å². The zero-order valence-corrected chi connectivity index (χ0v) is 9.83. The molecule has 2 aliphatic rings. The monoisotopic (exact) mass is 207 g/mol. The van der Waals surface area contributed by atoms with E-state index in [0.717, 1.165) is 18.1 Å². The molecule has 0 amide bonds. The number of ether oxygens (including phenoxy) is 1. The van der Waals surface area contributed by atoms with Gasteiger partial charge in [-0.15, -0.1) is 0 Å². The lowest BCUT2D eigenvalue weighted by atomic mass is 9.85. The van der Waals surface area contributed by atoms with Crippen molar-refractivity contribution in [2.45, 2.75) is 25.7 Å². The molecule has 0 aromatic heterocycles. The second-order valence-electron chi connectivity index (χ2n) is 4.59. The standard InChI is InChI=1S/C13H21NO/c1-14-9-7-11(8-10-14)12-5-3-4-6-13(12)15-2/h5-6,11H,3-4,7-10H2,1-2H3. The summed E-state index contributed by atoms with van der Waals surface area (Å²) in [6.45, 7) is 2.44. The molecular weight excluding hydrogens is 186 g/mol. The SMILES string of the molecule is COC1=CCCC=C1C1CCN(C)CC1. The number of allylic oxidation sites excluding steroid dienone is 3. The summed E-state index contributed by atoms with van der Waals surface area (Å²) in [6, 6.07) is 0. The second kappa shape index (κ2) is 4.84. The summed E-state index contributed by atoms with van der Waals surface area (Å²) in [5.41, 5.74) is 1.47. The van der Waals surface area contributed by atoms with Gasteiger partial charge in [-0.3, -0.25) is 0 Å². The van der Waals surface area contributed by atoms with Gasteiger partial charge in [-0.2, -0.15) is 0 Å². The Kier molecular flexibility index (Phi) is 3.47. The molecule has 0 saturated carbocycles. The van der Waals surface area contributed by atoms with Crippen molar-refractivity contribution in [3.05, 3.63) is 23.5 Å². The Morgan fingerprint density at radius 1 is 1.20 bits per heavy atom. The topological polar surface area (TPSA) is 12.5 Å². The summed E-state index contributed by atoms with van der Waals surface area (Å²) in [5.74, 6) is 1.86. The molecule has 2 rings (SSSR count). The molecule has 84 valence electrons. The Hall–Kier alpha value is -0.760. The minimum Gasteiger partial charge on any atom is -0.497 e. The van der Waals surface area contributed by atoms with E-state index in [1.54, 1.807) is 7.11 Å². The number of rotatable bonds is 2. The van der Waals surface area contributed by atoms with Crippen molar-refractivity contribution in [2.75, 3.05) is 27.2 Å². The number of methoxy groups -OCH3 is 1. The number of hydrogen-bond donors (Lipinski definition) is 0. The first-order chi connectivity index (χ1) is 7.31. The Morgan fingerprint density at radius 2 is 1.87 bits per heavy atom. The fourth-order valence-corrected chi connectivity index (χ4v) is 2.56. The van der Waals surface area contributed by atoms with E-state index in [2.05, 4.69) is 24.1 Å². The Morgan fingerprint density at radius 3 is 2.53 bits per heavy atom. The van der Waals surface area contributed by atoms with Gasteiger partial charge in [-0.1, -0.05) is 6.08 Å². The highest BCUT2D eigenvalue weighted by molar-refractivity contribution is 5.31. The molecule has 0 radical (unpaired) electrons. The van der Waals surface area contributed by atoms with Crippen LogP contribution in [0, 0.1) is 5.92 Å². The van der Waals surface area contributed by atoms with Crippen LogP contribution in [0.15, 0.2) is 23.5 Å². The maximum Gasteiger partial charge on any atom is 0.118 e. The maximum atomic E-state index is 5.46. The molecule has 1 aliphatic carbocycles. The predicted octanol–water partition coefficient (Wildman–Crippen LogP) is 2.58. The molecule has 15 heavy (non-hydrogen) atoms. The Bertz CT molecular complexity index is 272. The lowest BCUT2D eigenvalue weighted by molar-refractivity contribution is 0.223. The molecule has 1 fully saturated rings. The van der Waals surface area contributed by atoms with Crippen LogP contribution >= 0.6 is 0 Å². The van der Waals surface area contributed by atoms with E-state index in [-0.39, 0.29) is 0 Å². The first-order valence-corrected chi connectivity index (χ1v) is 5.94. The van der Waals surface area contributed by atoms with Crippen molar-refractivity contribution in [1.29, 1.82) is 0 Å². The number of piperidine rings is 1. The molecule has 1 aliphatic heterocycles.